The number of sulfonamides is 1. The van der Waals surface area contributed by atoms with Crippen molar-refractivity contribution in [2.75, 3.05) is 13.1 Å². The standard InChI is InChI=1S/C25H28N4O3S/c26-24(27)20-10-8-18(9-11-20)16-23(25(30)29-14-4-1-5-15-29)28-33(31,32)22-13-12-19-6-2-3-7-21(19)17-22/h2-3,6-13,17,23,28H,1,4-5,14-16H2,(H3,26,27)/t23-/m0/s1. The van der Waals surface area contributed by atoms with Crippen molar-refractivity contribution in [3.63, 3.8) is 0 Å². The Kier molecular flexibility index (Phi) is 6.76. The molecule has 0 unspecified atom stereocenters. The van der Waals surface area contributed by atoms with E-state index in [0.29, 0.717) is 18.7 Å². The Balaban J connectivity index is 1.62. The van der Waals surface area contributed by atoms with Crippen LogP contribution in [0.3, 0.4) is 0 Å². The van der Waals surface area contributed by atoms with E-state index in [-0.39, 0.29) is 23.1 Å². The SMILES string of the molecule is N=C(N)c1ccc(C[C@H](NS(=O)(=O)c2ccc3ccccc3c2)C(=O)N2CCCCC2)cc1. The summed E-state index contributed by atoms with van der Waals surface area (Å²) in [6.45, 7) is 1.27. The summed E-state index contributed by atoms with van der Waals surface area (Å²) in [5, 5.41) is 9.31. The lowest BCUT2D eigenvalue weighted by molar-refractivity contribution is -0.133. The molecular weight excluding hydrogens is 436 g/mol. The zero-order valence-electron chi connectivity index (χ0n) is 18.3. The van der Waals surface area contributed by atoms with Gasteiger partial charge in [-0.25, -0.2) is 8.42 Å². The van der Waals surface area contributed by atoms with Gasteiger partial charge in [-0.05, 0) is 54.2 Å². The third kappa shape index (κ3) is 5.40. The average Bonchev–Trinajstić information content (AvgIpc) is 2.83. The van der Waals surface area contributed by atoms with Gasteiger partial charge in [-0.1, -0.05) is 54.6 Å². The second-order valence-corrected chi connectivity index (χ2v) is 10.1. The van der Waals surface area contributed by atoms with Crippen molar-refractivity contribution >= 4 is 32.5 Å². The zero-order chi connectivity index (χ0) is 23.4. The monoisotopic (exact) mass is 464 g/mol. The van der Waals surface area contributed by atoms with E-state index in [0.717, 1.165) is 35.6 Å². The Labute approximate surface area is 194 Å². The molecule has 0 aliphatic carbocycles. The molecule has 1 amide bonds. The fourth-order valence-corrected chi connectivity index (χ4v) is 5.38. The van der Waals surface area contributed by atoms with Crippen molar-refractivity contribution in [1.82, 2.24) is 9.62 Å². The van der Waals surface area contributed by atoms with E-state index in [2.05, 4.69) is 4.72 Å². The van der Waals surface area contributed by atoms with E-state index in [9.17, 15) is 13.2 Å². The van der Waals surface area contributed by atoms with Crippen molar-refractivity contribution in [2.45, 2.75) is 36.6 Å². The number of nitrogens with zero attached hydrogens (tertiary/aromatic N) is 1. The minimum atomic E-state index is -3.93. The normalized spacial score (nSPS) is 15.3. The number of carbonyl (C=O) groups is 1. The average molecular weight is 465 g/mol. The number of piperidine rings is 1. The number of benzene rings is 3. The first-order valence-corrected chi connectivity index (χ1v) is 12.5. The number of carbonyl (C=O) groups excluding carboxylic acids is 1. The van der Waals surface area contributed by atoms with Crippen LogP contribution >= 0.6 is 0 Å². The molecule has 0 bridgehead atoms. The number of fused-ring (bicyclic) bond motifs is 1. The molecule has 33 heavy (non-hydrogen) atoms. The van der Waals surface area contributed by atoms with Crippen molar-refractivity contribution in [3.05, 3.63) is 77.9 Å². The van der Waals surface area contributed by atoms with Crippen LogP contribution in [0.2, 0.25) is 0 Å². The number of hydrogen-bond donors (Lipinski definition) is 3. The molecule has 0 spiro atoms. The quantitative estimate of drug-likeness (QED) is 0.368. The molecule has 1 aliphatic heterocycles. The molecule has 3 aromatic carbocycles. The molecular formula is C25H28N4O3S. The van der Waals surface area contributed by atoms with Gasteiger partial charge in [-0.2, -0.15) is 4.72 Å². The minimum absolute atomic E-state index is 0.0421. The molecule has 172 valence electrons. The fourth-order valence-electron chi connectivity index (χ4n) is 4.16. The van der Waals surface area contributed by atoms with Gasteiger partial charge in [0.1, 0.15) is 11.9 Å². The van der Waals surface area contributed by atoms with Crippen molar-refractivity contribution in [3.8, 4) is 0 Å². The summed E-state index contributed by atoms with van der Waals surface area (Å²) in [5.41, 5.74) is 6.90. The Morgan fingerprint density at radius 1 is 0.970 bits per heavy atom. The Morgan fingerprint density at radius 3 is 2.30 bits per heavy atom. The van der Waals surface area contributed by atoms with Crippen molar-refractivity contribution in [2.24, 2.45) is 5.73 Å². The maximum Gasteiger partial charge on any atom is 0.241 e. The van der Waals surface area contributed by atoms with Gasteiger partial charge in [-0.15, -0.1) is 0 Å². The third-order valence-corrected chi connectivity index (χ3v) is 7.47. The maximum atomic E-state index is 13.3. The molecule has 0 saturated carbocycles. The van der Waals surface area contributed by atoms with Gasteiger partial charge >= 0.3 is 0 Å². The van der Waals surface area contributed by atoms with E-state index in [1.807, 2.05) is 24.3 Å². The number of nitrogens with one attached hydrogen (secondary N) is 2. The lowest BCUT2D eigenvalue weighted by Gasteiger charge is -2.30. The van der Waals surface area contributed by atoms with Crippen LogP contribution in [0.5, 0.6) is 0 Å². The summed E-state index contributed by atoms with van der Waals surface area (Å²) in [7, 11) is -3.93. The van der Waals surface area contributed by atoms with E-state index in [4.69, 9.17) is 11.1 Å². The summed E-state index contributed by atoms with van der Waals surface area (Å²) in [5.74, 6) is -0.255. The molecule has 1 fully saturated rings. The summed E-state index contributed by atoms with van der Waals surface area (Å²) in [4.78, 5) is 15.2. The lowest BCUT2D eigenvalue weighted by Crippen LogP contribution is -2.50. The van der Waals surface area contributed by atoms with Crippen LogP contribution < -0.4 is 10.5 Å². The molecule has 7 nitrogen and oxygen atoms in total. The van der Waals surface area contributed by atoms with E-state index in [1.165, 1.54) is 0 Å². The van der Waals surface area contributed by atoms with Crippen LogP contribution in [0.4, 0.5) is 0 Å². The molecule has 1 heterocycles. The molecule has 1 saturated heterocycles. The van der Waals surface area contributed by atoms with Crippen LogP contribution in [0, 0.1) is 5.41 Å². The second-order valence-electron chi connectivity index (χ2n) is 8.38. The molecule has 0 radical (unpaired) electrons. The van der Waals surface area contributed by atoms with Gasteiger partial charge in [0.05, 0.1) is 4.90 Å². The van der Waals surface area contributed by atoms with Gasteiger partial charge in [0.15, 0.2) is 0 Å². The lowest BCUT2D eigenvalue weighted by atomic mass is 10.0. The highest BCUT2D eigenvalue weighted by molar-refractivity contribution is 7.89. The first-order valence-electron chi connectivity index (χ1n) is 11.1. The van der Waals surface area contributed by atoms with Gasteiger partial charge in [0, 0.05) is 18.7 Å². The highest BCUT2D eigenvalue weighted by Gasteiger charge is 2.30. The van der Waals surface area contributed by atoms with Crippen LogP contribution in [-0.2, 0) is 21.2 Å². The number of nitrogen functional groups attached to an aromatic ring is 1. The Hall–Kier alpha value is -3.23. The van der Waals surface area contributed by atoms with Crippen LogP contribution in [0.25, 0.3) is 10.8 Å². The van der Waals surface area contributed by atoms with Gasteiger partial charge in [0.2, 0.25) is 15.9 Å². The highest BCUT2D eigenvalue weighted by atomic mass is 32.2. The Morgan fingerprint density at radius 2 is 1.64 bits per heavy atom. The number of amidine groups is 1. The molecule has 8 heteroatoms. The summed E-state index contributed by atoms with van der Waals surface area (Å²) in [6.07, 6.45) is 3.12. The summed E-state index contributed by atoms with van der Waals surface area (Å²) >= 11 is 0. The van der Waals surface area contributed by atoms with Crippen molar-refractivity contribution < 1.29 is 13.2 Å². The van der Waals surface area contributed by atoms with E-state index >= 15 is 0 Å². The molecule has 1 atom stereocenters. The predicted molar refractivity (Wildman–Crippen MR) is 130 cm³/mol. The third-order valence-electron chi connectivity index (χ3n) is 6.00. The smallest absolute Gasteiger partial charge is 0.241 e. The molecule has 4 rings (SSSR count). The first kappa shape index (κ1) is 22.9. The van der Waals surface area contributed by atoms with Crippen LogP contribution in [0.15, 0.2) is 71.6 Å². The number of likely N-dealkylation sites (tertiary alicyclic amines) is 1. The van der Waals surface area contributed by atoms with Crippen LogP contribution in [0.1, 0.15) is 30.4 Å². The summed E-state index contributed by atoms with van der Waals surface area (Å²) < 4.78 is 29.2. The van der Waals surface area contributed by atoms with Crippen LogP contribution in [-0.4, -0.2) is 44.2 Å². The maximum absolute atomic E-state index is 13.3. The van der Waals surface area contributed by atoms with Gasteiger partial charge < -0.3 is 10.6 Å². The number of nitrogens with two attached hydrogens (primary N) is 1. The summed E-state index contributed by atoms with van der Waals surface area (Å²) in [6, 6.07) is 18.5. The molecule has 3 aromatic rings. The first-order chi connectivity index (χ1) is 15.8. The van der Waals surface area contributed by atoms with E-state index < -0.39 is 16.1 Å². The second kappa shape index (κ2) is 9.72. The number of rotatable bonds is 7. The van der Waals surface area contributed by atoms with E-state index in [1.54, 1.807) is 47.4 Å². The van der Waals surface area contributed by atoms with Gasteiger partial charge in [-0.3, -0.25) is 10.2 Å². The molecule has 4 N–H and O–H groups in total. The van der Waals surface area contributed by atoms with Gasteiger partial charge in [0.25, 0.3) is 0 Å². The van der Waals surface area contributed by atoms with Crippen molar-refractivity contribution in [1.29, 1.82) is 5.41 Å². The minimum Gasteiger partial charge on any atom is -0.384 e. The fraction of sp³-hybridized carbons (Fsp3) is 0.280. The molecule has 0 aromatic heterocycles. The predicted octanol–water partition coefficient (Wildman–Crippen LogP) is 3.03. The highest BCUT2D eigenvalue weighted by Crippen LogP contribution is 2.20. The topological polar surface area (TPSA) is 116 Å². The number of amides is 1. The number of hydrogen-bond acceptors (Lipinski definition) is 4. The largest absolute Gasteiger partial charge is 0.384 e. The Bertz CT molecular complexity index is 1270. The zero-order valence-corrected chi connectivity index (χ0v) is 19.1. The molecule has 1 aliphatic rings.